The molecule has 1 fully saturated rings. The molecule has 1 amide bonds. The first kappa shape index (κ1) is 13.9. The van der Waals surface area contributed by atoms with Crippen LogP contribution in [0.1, 0.15) is 24.2 Å². The smallest absolute Gasteiger partial charge is 0.257 e. The van der Waals surface area contributed by atoms with Crippen LogP contribution >= 0.6 is 0 Å². The molecule has 0 bridgehead atoms. The number of aliphatic hydroxyl groups excluding tert-OH is 1. The molecule has 1 unspecified atom stereocenters. The van der Waals surface area contributed by atoms with Crippen molar-refractivity contribution in [2.24, 2.45) is 0 Å². The number of halogens is 1. The van der Waals surface area contributed by atoms with E-state index in [0.29, 0.717) is 6.54 Å². The molecule has 1 saturated heterocycles. The first-order chi connectivity index (χ1) is 8.93. The quantitative estimate of drug-likeness (QED) is 0.863. The van der Waals surface area contributed by atoms with Crippen molar-refractivity contribution in [3.05, 3.63) is 29.8 Å². The third-order valence-corrected chi connectivity index (χ3v) is 2.98. The summed E-state index contributed by atoms with van der Waals surface area (Å²) in [6.07, 6.45) is 1.95. The second-order valence-electron chi connectivity index (χ2n) is 5.22. The number of nitrogens with zero attached hydrogens (tertiary/aromatic N) is 2. The lowest BCUT2D eigenvalue weighted by molar-refractivity contribution is -0.139. The second kappa shape index (κ2) is 5.22. The van der Waals surface area contributed by atoms with Crippen LogP contribution in [0.5, 0.6) is 0 Å². The highest BCUT2D eigenvalue weighted by Crippen LogP contribution is 2.22. The zero-order chi connectivity index (χ0) is 14.0. The van der Waals surface area contributed by atoms with Crippen molar-refractivity contribution in [1.29, 1.82) is 0 Å². The maximum atomic E-state index is 13.6. The molecule has 0 radical (unpaired) electrons. The Balaban J connectivity index is 2.21. The normalized spacial score (nSPS) is 22.3. The predicted octanol–water partition coefficient (Wildman–Crippen LogP) is 0.833. The fraction of sp³-hybridized carbons (Fsp3) is 0.538. The molecule has 1 N–H and O–H groups in total. The lowest BCUT2D eigenvalue weighted by atomic mass is 10.0. The van der Waals surface area contributed by atoms with Crippen molar-refractivity contribution in [1.82, 2.24) is 9.88 Å². The van der Waals surface area contributed by atoms with Gasteiger partial charge in [-0.2, -0.15) is 0 Å². The number of rotatable bonds is 2. The molecule has 1 aromatic heterocycles. The van der Waals surface area contributed by atoms with E-state index in [1.807, 2.05) is 13.8 Å². The Labute approximate surface area is 111 Å². The van der Waals surface area contributed by atoms with Crippen LogP contribution in [0.25, 0.3) is 0 Å². The summed E-state index contributed by atoms with van der Waals surface area (Å²) in [5.74, 6) is -1.05. The van der Waals surface area contributed by atoms with Crippen LogP contribution in [0.3, 0.4) is 0 Å². The van der Waals surface area contributed by atoms with E-state index >= 15 is 0 Å². The van der Waals surface area contributed by atoms with Gasteiger partial charge in [-0.25, -0.2) is 4.39 Å². The number of aliphatic hydroxyl groups is 1. The van der Waals surface area contributed by atoms with Crippen LogP contribution in [0.2, 0.25) is 0 Å². The Morgan fingerprint density at radius 2 is 2.42 bits per heavy atom. The number of carbonyl (C=O) groups excluding carboxylic acids is 1. The van der Waals surface area contributed by atoms with Gasteiger partial charge >= 0.3 is 0 Å². The van der Waals surface area contributed by atoms with E-state index in [9.17, 15) is 14.3 Å². The van der Waals surface area contributed by atoms with Crippen LogP contribution in [0.15, 0.2) is 18.5 Å². The van der Waals surface area contributed by atoms with E-state index in [-0.39, 0.29) is 18.7 Å². The van der Waals surface area contributed by atoms with Crippen molar-refractivity contribution < 1.29 is 19.0 Å². The highest BCUT2D eigenvalue weighted by Gasteiger charge is 2.36. The maximum Gasteiger partial charge on any atom is 0.257 e. The number of carbonyl (C=O) groups is 1. The zero-order valence-corrected chi connectivity index (χ0v) is 11.0. The van der Waals surface area contributed by atoms with E-state index in [1.165, 1.54) is 17.2 Å². The fourth-order valence-electron chi connectivity index (χ4n) is 2.26. The van der Waals surface area contributed by atoms with Crippen LogP contribution in [-0.2, 0) is 4.74 Å². The van der Waals surface area contributed by atoms with Crippen LogP contribution < -0.4 is 0 Å². The number of pyridine rings is 1. The third kappa shape index (κ3) is 3.08. The highest BCUT2D eigenvalue weighted by molar-refractivity contribution is 5.94. The number of hydrogen-bond acceptors (Lipinski definition) is 4. The van der Waals surface area contributed by atoms with Crippen molar-refractivity contribution in [3.8, 4) is 0 Å². The molecule has 1 atom stereocenters. The van der Waals surface area contributed by atoms with Gasteiger partial charge in [0, 0.05) is 19.3 Å². The Kier molecular flexibility index (Phi) is 3.82. The van der Waals surface area contributed by atoms with Gasteiger partial charge in [0.25, 0.3) is 5.91 Å². The van der Waals surface area contributed by atoms with E-state index in [2.05, 4.69) is 4.98 Å². The van der Waals surface area contributed by atoms with Crippen LogP contribution in [-0.4, -0.2) is 52.3 Å². The summed E-state index contributed by atoms with van der Waals surface area (Å²) in [6, 6.07) is 1.36. The van der Waals surface area contributed by atoms with Crippen molar-refractivity contribution in [2.75, 3.05) is 19.7 Å². The molecule has 0 spiro atoms. The Bertz CT molecular complexity index is 479. The average Bonchev–Trinajstić information content (AvgIpc) is 2.36. The number of hydrogen-bond donors (Lipinski definition) is 1. The first-order valence-corrected chi connectivity index (χ1v) is 6.10. The largest absolute Gasteiger partial charge is 0.394 e. The Hall–Kier alpha value is -1.53. The van der Waals surface area contributed by atoms with Crippen LogP contribution in [0, 0.1) is 5.82 Å². The van der Waals surface area contributed by atoms with Gasteiger partial charge in [-0.1, -0.05) is 0 Å². The van der Waals surface area contributed by atoms with Gasteiger partial charge in [0.05, 0.1) is 30.1 Å². The minimum absolute atomic E-state index is 0.00982. The number of ether oxygens (including phenoxy) is 1. The molecule has 2 rings (SSSR count). The molecule has 1 aromatic rings. The van der Waals surface area contributed by atoms with E-state index in [4.69, 9.17) is 4.74 Å². The zero-order valence-electron chi connectivity index (χ0n) is 11.0. The Morgan fingerprint density at radius 1 is 1.68 bits per heavy atom. The third-order valence-electron chi connectivity index (χ3n) is 2.98. The summed E-state index contributed by atoms with van der Waals surface area (Å²) in [7, 11) is 0. The molecule has 104 valence electrons. The lowest BCUT2D eigenvalue weighted by Gasteiger charge is -2.42. The molecule has 1 aliphatic rings. The summed E-state index contributed by atoms with van der Waals surface area (Å²) in [5, 5.41) is 9.20. The van der Waals surface area contributed by atoms with Gasteiger partial charge in [0.2, 0.25) is 0 Å². The molecule has 5 nitrogen and oxygen atoms in total. The van der Waals surface area contributed by atoms with Gasteiger partial charge in [0.1, 0.15) is 0 Å². The molecular weight excluding hydrogens is 251 g/mol. The molecule has 0 aromatic carbocycles. The molecule has 19 heavy (non-hydrogen) atoms. The molecule has 2 heterocycles. The second-order valence-corrected chi connectivity index (χ2v) is 5.22. The van der Waals surface area contributed by atoms with Gasteiger partial charge < -0.3 is 14.7 Å². The van der Waals surface area contributed by atoms with E-state index < -0.39 is 23.4 Å². The van der Waals surface area contributed by atoms with Crippen molar-refractivity contribution in [2.45, 2.75) is 25.6 Å². The summed E-state index contributed by atoms with van der Waals surface area (Å²) >= 11 is 0. The number of morpholine rings is 1. The van der Waals surface area contributed by atoms with Crippen molar-refractivity contribution >= 4 is 5.91 Å². The standard InChI is InChI=1S/C13H17FN2O3/c1-13(2)8-16(6-9(7-17)19-13)12(18)10-3-4-15-5-11(10)14/h3-5,9,17H,6-8H2,1-2H3. The first-order valence-electron chi connectivity index (χ1n) is 6.10. The minimum atomic E-state index is -0.641. The van der Waals surface area contributed by atoms with E-state index in [0.717, 1.165) is 6.20 Å². The van der Waals surface area contributed by atoms with Gasteiger partial charge in [-0.05, 0) is 19.9 Å². The average molecular weight is 268 g/mol. The molecule has 0 saturated carbocycles. The molecule has 6 heteroatoms. The topological polar surface area (TPSA) is 62.7 Å². The summed E-state index contributed by atoms with van der Waals surface area (Å²) in [5.41, 5.74) is -0.574. The van der Waals surface area contributed by atoms with Gasteiger partial charge in [-0.15, -0.1) is 0 Å². The van der Waals surface area contributed by atoms with E-state index in [1.54, 1.807) is 0 Å². The minimum Gasteiger partial charge on any atom is -0.394 e. The molecule has 1 aliphatic heterocycles. The summed E-state index contributed by atoms with van der Waals surface area (Å²) in [6.45, 7) is 4.09. The monoisotopic (exact) mass is 268 g/mol. The molecule has 0 aliphatic carbocycles. The summed E-state index contributed by atoms with van der Waals surface area (Å²) in [4.78, 5) is 17.4. The SMILES string of the molecule is CC1(C)CN(C(=O)c2ccncc2F)CC(CO)O1. The Morgan fingerprint density at radius 3 is 3.05 bits per heavy atom. The van der Waals surface area contributed by atoms with Gasteiger partial charge in [-0.3, -0.25) is 9.78 Å². The number of aromatic nitrogens is 1. The molecular formula is C13H17FN2O3. The highest BCUT2D eigenvalue weighted by atomic mass is 19.1. The van der Waals surface area contributed by atoms with Crippen LogP contribution in [0.4, 0.5) is 4.39 Å². The fourth-order valence-corrected chi connectivity index (χ4v) is 2.26. The van der Waals surface area contributed by atoms with Crippen molar-refractivity contribution in [3.63, 3.8) is 0 Å². The lowest BCUT2D eigenvalue weighted by Crippen LogP contribution is -2.55. The summed E-state index contributed by atoms with van der Waals surface area (Å²) < 4.78 is 19.2. The predicted molar refractivity (Wildman–Crippen MR) is 66.1 cm³/mol. The maximum absolute atomic E-state index is 13.6. The number of amides is 1. The van der Waals surface area contributed by atoms with Gasteiger partial charge in [0.15, 0.2) is 5.82 Å².